The minimum atomic E-state index is -0.514. The number of nitrogen functional groups attached to an aromatic ring is 1. The van der Waals surface area contributed by atoms with E-state index >= 15 is 0 Å². The molecule has 0 saturated heterocycles. The molecule has 4 N–H and O–H groups in total. The molecule has 1 aromatic carbocycles. The lowest BCUT2D eigenvalue weighted by molar-refractivity contribution is -0.118. The van der Waals surface area contributed by atoms with Crippen LogP contribution in [0.1, 0.15) is 24.2 Å². The Bertz CT molecular complexity index is 432. The number of anilines is 1. The summed E-state index contributed by atoms with van der Waals surface area (Å²) in [4.78, 5) is 24.7. The van der Waals surface area contributed by atoms with E-state index in [-0.39, 0.29) is 30.8 Å². The quantitative estimate of drug-likeness (QED) is 0.799. The van der Waals surface area contributed by atoms with Gasteiger partial charge in [-0.2, -0.15) is 0 Å². The van der Waals surface area contributed by atoms with Crippen molar-refractivity contribution in [1.82, 2.24) is 4.90 Å². The monoisotopic (exact) mass is 285 g/mol. The topological polar surface area (TPSA) is 89.4 Å². The van der Waals surface area contributed by atoms with Gasteiger partial charge in [-0.05, 0) is 30.2 Å². The van der Waals surface area contributed by atoms with Crippen molar-refractivity contribution in [3.05, 3.63) is 29.8 Å². The summed E-state index contributed by atoms with van der Waals surface area (Å²) in [6.07, 6.45) is 0. The van der Waals surface area contributed by atoms with Gasteiger partial charge in [-0.15, -0.1) is 12.4 Å². The maximum absolute atomic E-state index is 12.2. The largest absolute Gasteiger partial charge is 0.399 e. The van der Waals surface area contributed by atoms with Crippen LogP contribution in [0.2, 0.25) is 0 Å². The van der Waals surface area contributed by atoms with Crippen molar-refractivity contribution < 1.29 is 9.59 Å². The molecule has 0 radical (unpaired) electrons. The van der Waals surface area contributed by atoms with Crippen LogP contribution in [0.3, 0.4) is 0 Å². The van der Waals surface area contributed by atoms with Gasteiger partial charge in [0, 0.05) is 17.8 Å². The van der Waals surface area contributed by atoms with Gasteiger partial charge in [-0.3, -0.25) is 9.59 Å². The van der Waals surface area contributed by atoms with Crippen LogP contribution in [0, 0.1) is 5.92 Å². The van der Waals surface area contributed by atoms with E-state index in [0.29, 0.717) is 17.8 Å². The third-order valence-corrected chi connectivity index (χ3v) is 2.38. The Labute approximate surface area is 119 Å². The fourth-order valence-corrected chi connectivity index (χ4v) is 1.66. The van der Waals surface area contributed by atoms with E-state index in [1.165, 1.54) is 4.90 Å². The average Bonchev–Trinajstić information content (AvgIpc) is 2.27. The van der Waals surface area contributed by atoms with Crippen molar-refractivity contribution in [3.8, 4) is 0 Å². The van der Waals surface area contributed by atoms with Gasteiger partial charge in [0.1, 0.15) is 0 Å². The molecule has 19 heavy (non-hydrogen) atoms. The summed E-state index contributed by atoms with van der Waals surface area (Å²) in [5.41, 5.74) is 11.8. The molecule has 0 aliphatic carbocycles. The Balaban J connectivity index is 0.00000324. The number of benzene rings is 1. The molecule has 0 fully saturated rings. The number of carbonyl (C=O) groups excluding carboxylic acids is 2. The van der Waals surface area contributed by atoms with E-state index in [4.69, 9.17) is 11.5 Å². The van der Waals surface area contributed by atoms with Gasteiger partial charge < -0.3 is 16.4 Å². The van der Waals surface area contributed by atoms with Gasteiger partial charge in [-0.1, -0.05) is 13.8 Å². The highest BCUT2D eigenvalue weighted by Crippen LogP contribution is 2.10. The summed E-state index contributed by atoms with van der Waals surface area (Å²) < 4.78 is 0. The molecule has 0 spiro atoms. The fourth-order valence-electron chi connectivity index (χ4n) is 1.66. The van der Waals surface area contributed by atoms with Gasteiger partial charge in [-0.25, -0.2) is 0 Å². The number of nitrogens with zero attached hydrogens (tertiary/aromatic N) is 1. The Hall–Kier alpha value is -1.75. The molecule has 6 heteroatoms. The van der Waals surface area contributed by atoms with Gasteiger partial charge >= 0.3 is 0 Å². The zero-order valence-corrected chi connectivity index (χ0v) is 11.9. The number of primary amides is 1. The minimum Gasteiger partial charge on any atom is -0.399 e. The molecule has 5 nitrogen and oxygen atoms in total. The number of nitrogens with two attached hydrogens (primary N) is 2. The van der Waals surface area contributed by atoms with Crippen molar-refractivity contribution >= 4 is 29.9 Å². The number of rotatable bonds is 5. The van der Waals surface area contributed by atoms with Gasteiger partial charge in [0.2, 0.25) is 5.91 Å². The zero-order chi connectivity index (χ0) is 13.7. The highest BCUT2D eigenvalue weighted by atomic mass is 35.5. The lowest BCUT2D eigenvalue weighted by atomic mass is 10.1. The van der Waals surface area contributed by atoms with E-state index in [1.54, 1.807) is 24.3 Å². The first kappa shape index (κ1) is 17.2. The fraction of sp³-hybridized carbons (Fsp3) is 0.385. The predicted molar refractivity (Wildman–Crippen MR) is 78.0 cm³/mol. The molecule has 1 rings (SSSR count). The molecular weight excluding hydrogens is 266 g/mol. The maximum Gasteiger partial charge on any atom is 0.254 e. The van der Waals surface area contributed by atoms with Crippen LogP contribution in [-0.4, -0.2) is 29.8 Å². The first-order valence-corrected chi connectivity index (χ1v) is 5.83. The highest BCUT2D eigenvalue weighted by Gasteiger charge is 2.18. The van der Waals surface area contributed by atoms with Crippen LogP contribution in [-0.2, 0) is 4.79 Å². The molecule has 0 atom stereocenters. The lowest BCUT2D eigenvalue weighted by Crippen LogP contribution is -2.40. The summed E-state index contributed by atoms with van der Waals surface area (Å²) in [7, 11) is 0. The molecule has 1 aromatic rings. The van der Waals surface area contributed by atoms with Crippen molar-refractivity contribution in [3.63, 3.8) is 0 Å². The summed E-state index contributed by atoms with van der Waals surface area (Å²) in [5.74, 6) is -0.455. The third kappa shape index (κ3) is 5.61. The lowest BCUT2D eigenvalue weighted by Gasteiger charge is -2.23. The summed E-state index contributed by atoms with van der Waals surface area (Å²) >= 11 is 0. The third-order valence-electron chi connectivity index (χ3n) is 2.38. The van der Waals surface area contributed by atoms with Crippen LogP contribution >= 0.6 is 12.4 Å². The second-order valence-electron chi connectivity index (χ2n) is 4.67. The van der Waals surface area contributed by atoms with Crippen LogP contribution in [0.4, 0.5) is 5.69 Å². The number of hydrogen-bond donors (Lipinski definition) is 2. The normalized spacial score (nSPS) is 9.84. The van der Waals surface area contributed by atoms with Gasteiger partial charge in [0.25, 0.3) is 5.91 Å². The maximum atomic E-state index is 12.2. The SMILES string of the molecule is CC(C)CN(CC(N)=O)C(=O)c1ccc(N)cc1.Cl. The van der Waals surface area contributed by atoms with Crippen molar-refractivity contribution in [2.45, 2.75) is 13.8 Å². The second-order valence-corrected chi connectivity index (χ2v) is 4.67. The molecule has 0 aliphatic rings. The molecule has 0 bridgehead atoms. The second kappa shape index (κ2) is 7.63. The Morgan fingerprint density at radius 3 is 2.16 bits per heavy atom. The predicted octanol–water partition coefficient (Wildman–Crippen LogP) is 1.27. The number of carbonyl (C=O) groups is 2. The number of amides is 2. The Morgan fingerprint density at radius 2 is 1.74 bits per heavy atom. The molecular formula is C13H20ClN3O2. The van der Waals surface area contributed by atoms with Gasteiger partial charge in [0.05, 0.1) is 6.54 Å². The van der Waals surface area contributed by atoms with E-state index in [9.17, 15) is 9.59 Å². The van der Waals surface area contributed by atoms with Crippen LogP contribution in [0.15, 0.2) is 24.3 Å². The molecule has 0 aliphatic heterocycles. The number of halogens is 1. The first-order valence-electron chi connectivity index (χ1n) is 5.83. The van der Waals surface area contributed by atoms with E-state index in [0.717, 1.165) is 0 Å². The van der Waals surface area contributed by atoms with Crippen molar-refractivity contribution in [2.24, 2.45) is 11.7 Å². The Morgan fingerprint density at radius 1 is 1.21 bits per heavy atom. The minimum absolute atomic E-state index is 0. The van der Waals surface area contributed by atoms with Crippen LogP contribution in [0.5, 0.6) is 0 Å². The molecule has 106 valence electrons. The molecule has 0 aromatic heterocycles. The summed E-state index contributed by atoms with van der Waals surface area (Å²) in [6.45, 7) is 4.38. The van der Waals surface area contributed by atoms with E-state index < -0.39 is 5.91 Å². The molecule has 0 unspecified atom stereocenters. The van der Waals surface area contributed by atoms with Crippen molar-refractivity contribution in [1.29, 1.82) is 0 Å². The summed E-state index contributed by atoms with van der Waals surface area (Å²) in [6, 6.07) is 6.61. The standard InChI is InChI=1S/C13H19N3O2.ClH/c1-9(2)7-16(8-12(15)17)13(18)10-3-5-11(14)6-4-10;/h3-6,9H,7-8,14H2,1-2H3,(H2,15,17);1H. The first-order chi connectivity index (χ1) is 8.40. The van der Waals surface area contributed by atoms with Crippen LogP contribution in [0.25, 0.3) is 0 Å². The smallest absolute Gasteiger partial charge is 0.254 e. The van der Waals surface area contributed by atoms with Crippen LogP contribution < -0.4 is 11.5 Å². The van der Waals surface area contributed by atoms with Gasteiger partial charge in [0.15, 0.2) is 0 Å². The molecule has 2 amide bonds. The number of hydrogen-bond acceptors (Lipinski definition) is 3. The Kier molecular flexibility index (Phi) is 6.93. The molecule has 0 saturated carbocycles. The van der Waals surface area contributed by atoms with Crippen molar-refractivity contribution in [2.75, 3.05) is 18.8 Å². The molecule has 0 heterocycles. The summed E-state index contributed by atoms with van der Waals surface area (Å²) in [5, 5.41) is 0. The van der Waals surface area contributed by atoms with E-state index in [2.05, 4.69) is 0 Å². The average molecular weight is 286 g/mol. The zero-order valence-electron chi connectivity index (χ0n) is 11.1. The highest BCUT2D eigenvalue weighted by molar-refractivity contribution is 5.96. The van der Waals surface area contributed by atoms with E-state index in [1.807, 2.05) is 13.8 Å².